The van der Waals surface area contributed by atoms with Crippen LogP contribution in [0.3, 0.4) is 0 Å². The minimum absolute atomic E-state index is 0.126. The van der Waals surface area contributed by atoms with E-state index < -0.39 is 0 Å². The number of aliphatic imine (C=N–C) groups is 1. The fourth-order valence-corrected chi connectivity index (χ4v) is 2.86. The molecule has 0 amide bonds. The highest BCUT2D eigenvalue weighted by atomic mass is 35.5. The molecule has 2 aromatic carbocycles. The number of halogens is 1. The Morgan fingerprint density at radius 3 is 2.10 bits per heavy atom. The summed E-state index contributed by atoms with van der Waals surface area (Å²) < 4.78 is 0. The van der Waals surface area contributed by atoms with Crippen LogP contribution < -0.4 is 16.6 Å². The van der Waals surface area contributed by atoms with Crippen LogP contribution in [0.1, 0.15) is 23.2 Å². The second-order valence-corrected chi connectivity index (χ2v) is 5.40. The molecule has 5 heteroatoms. The number of rotatable bonds is 2. The Morgan fingerprint density at radius 1 is 0.952 bits per heavy atom. The van der Waals surface area contributed by atoms with Crippen LogP contribution in [0.2, 0.25) is 0 Å². The topological polar surface area (TPSA) is 62.4 Å². The van der Waals surface area contributed by atoms with Gasteiger partial charge in [-0.3, -0.25) is 10.3 Å². The van der Waals surface area contributed by atoms with Gasteiger partial charge in [-0.25, -0.2) is 5.84 Å². The molecule has 4 nitrogen and oxygen atoms in total. The van der Waals surface area contributed by atoms with Gasteiger partial charge in [-0.1, -0.05) is 60.7 Å². The molecule has 21 heavy (non-hydrogen) atoms. The van der Waals surface area contributed by atoms with Crippen molar-refractivity contribution in [2.75, 3.05) is 0 Å². The van der Waals surface area contributed by atoms with Crippen LogP contribution in [-0.4, -0.2) is 11.3 Å². The first-order valence-electron chi connectivity index (χ1n) is 6.84. The minimum Gasteiger partial charge on any atom is -0.311 e. The van der Waals surface area contributed by atoms with E-state index in [9.17, 15) is 0 Å². The van der Waals surface area contributed by atoms with Crippen LogP contribution in [0.15, 0.2) is 65.7 Å². The van der Waals surface area contributed by atoms with Crippen LogP contribution in [0.4, 0.5) is 0 Å². The Bertz CT molecular complexity index is 615. The maximum Gasteiger partial charge on any atom is 0.133 e. The number of nitrogens with one attached hydrogen (secondary N) is 2. The molecule has 0 fully saturated rings. The Labute approximate surface area is 129 Å². The molecule has 0 saturated heterocycles. The van der Waals surface area contributed by atoms with E-state index in [1.54, 1.807) is 0 Å². The standard InChI is InChI=1S/C16H17ClN4/c17-15-13(11-7-3-1-4-8-11)20-16(21-18)14(19-15)12-9-5-2-6-10-12/h1-10,13-15,19H,18H2,(H,20,21). The SMILES string of the molecule is NNC1=NC(c2ccccc2)C(Cl)NC1c1ccccc1. The molecular formula is C16H17ClN4. The molecule has 3 unspecified atom stereocenters. The number of hydrogen-bond acceptors (Lipinski definition) is 4. The maximum atomic E-state index is 6.50. The van der Waals surface area contributed by atoms with E-state index in [0.29, 0.717) is 5.84 Å². The van der Waals surface area contributed by atoms with Gasteiger partial charge in [0.25, 0.3) is 0 Å². The third kappa shape index (κ3) is 2.93. The van der Waals surface area contributed by atoms with E-state index in [0.717, 1.165) is 11.1 Å². The van der Waals surface area contributed by atoms with Crippen molar-refractivity contribution in [3.63, 3.8) is 0 Å². The van der Waals surface area contributed by atoms with E-state index in [2.05, 4.69) is 10.7 Å². The fraction of sp³-hybridized carbons (Fsp3) is 0.188. The molecule has 0 aliphatic carbocycles. The van der Waals surface area contributed by atoms with Crippen molar-refractivity contribution in [1.29, 1.82) is 0 Å². The second kappa shape index (κ2) is 6.26. The normalized spacial score (nSPS) is 25.2. The van der Waals surface area contributed by atoms with Crippen molar-refractivity contribution in [3.05, 3.63) is 71.8 Å². The molecular weight excluding hydrogens is 284 g/mol. The first-order valence-corrected chi connectivity index (χ1v) is 7.27. The van der Waals surface area contributed by atoms with Gasteiger partial charge in [-0.15, -0.1) is 11.6 Å². The van der Waals surface area contributed by atoms with E-state index >= 15 is 0 Å². The predicted molar refractivity (Wildman–Crippen MR) is 85.9 cm³/mol. The monoisotopic (exact) mass is 300 g/mol. The number of nitrogens with two attached hydrogens (primary N) is 1. The van der Waals surface area contributed by atoms with E-state index in [1.807, 2.05) is 60.7 Å². The van der Waals surface area contributed by atoms with Gasteiger partial charge in [0.05, 0.1) is 6.04 Å². The molecule has 3 rings (SSSR count). The predicted octanol–water partition coefficient (Wildman–Crippen LogP) is 2.50. The van der Waals surface area contributed by atoms with Crippen molar-refractivity contribution in [3.8, 4) is 0 Å². The average molecular weight is 301 g/mol. The molecule has 0 saturated carbocycles. The van der Waals surface area contributed by atoms with Gasteiger partial charge in [0.1, 0.15) is 17.4 Å². The summed E-state index contributed by atoms with van der Waals surface area (Å²) in [6, 6.07) is 19.7. The lowest BCUT2D eigenvalue weighted by molar-refractivity contribution is 0.487. The zero-order valence-corrected chi connectivity index (χ0v) is 12.2. The summed E-state index contributed by atoms with van der Waals surface area (Å²) in [5.41, 5.74) is 4.54. The van der Waals surface area contributed by atoms with Crippen molar-refractivity contribution in [1.82, 2.24) is 10.7 Å². The van der Waals surface area contributed by atoms with E-state index in [-0.39, 0.29) is 17.6 Å². The van der Waals surface area contributed by atoms with Crippen LogP contribution in [0.5, 0.6) is 0 Å². The lowest BCUT2D eigenvalue weighted by Crippen LogP contribution is -2.48. The molecule has 4 N–H and O–H groups in total. The van der Waals surface area contributed by atoms with E-state index in [1.165, 1.54) is 0 Å². The van der Waals surface area contributed by atoms with Gasteiger partial charge in [-0.05, 0) is 11.1 Å². The lowest BCUT2D eigenvalue weighted by atomic mass is 10.0. The largest absolute Gasteiger partial charge is 0.311 e. The number of amidine groups is 1. The first kappa shape index (κ1) is 14.1. The number of nitrogens with zero attached hydrogens (tertiary/aromatic N) is 1. The molecule has 1 heterocycles. The minimum atomic E-state index is -0.297. The highest BCUT2D eigenvalue weighted by Gasteiger charge is 2.32. The van der Waals surface area contributed by atoms with Gasteiger partial charge in [0.15, 0.2) is 0 Å². The Morgan fingerprint density at radius 2 is 1.52 bits per heavy atom. The zero-order valence-electron chi connectivity index (χ0n) is 11.4. The lowest BCUT2D eigenvalue weighted by Gasteiger charge is -2.33. The van der Waals surface area contributed by atoms with Crippen molar-refractivity contribution in [2.45, 2.75) is 17.6 Å². The second-order valence-electron chi connectivity index (χ2n) is 4.93. The van der Waals surface area contributed by atoms with Gasteiger partial charge >= 0.3 is 0 Å². The maximum absolute atomic E-state index is 6.50. The molecule has 2 aromatic rings. The van der Waals surface area contributed by atoms with Gasteiger partial charge in [-0.2, -0.15) is 0 Å². The van der Waals surface area contributed by atoms with Crippen LogP contribution in [0.25, 0.3) is 0 Å². The summed E-state index contributed by atoms with van der Waals surface area (Å²) in [4.78, 5) is 4.70. The Hall–Kier alpha value is -1.88. The first-order chi connectivity index (χ1) is 10.3. The van der Waals surface area contributed by atoms with Crippen LogP contribution in [-0.2, 0) is 0 Å². The third-order valence-electron chi connectivity index (χ3n) is 3.58. The fourth-order valence-electron chi connectivity index (χ4n) is 2.53. The molecule has 1 aliphatic heterocycles. The quantitative estimate of drug-likeness (QED) is 0.346. The highest BCUT2D eigenvalue weighted by Crippen LogP contribution is 2.31. The van der Waals surface area contributed by atoms with E-state index in [4.69, 9.17) is 22.4 Å². The van der Waals surface area contributed by atoms with Gasteiger partial charge in [0, 0.05) is 0 Å². The molecule has 0 aromatic heterocycles. The van der Waals surface area contributed by atoms with Gasteiger partial charge < -0.3 is 5.43 Å². The molecule has 0 spiro atoms. The molecule has 0 radical (unpaired) electrons. The van der Waals surface area contributed by atoms with Crippen molar-refractivity contribution < 1.29 is 0 Å². The summed E-state index contributed by atoms with van der Waals surface area (Å²) in [5, 5.41) is 3.37. The summed E-state index contributed by atoms with van der Waals surface area (Å²) >= 11 is 6.50. The summed E-state index contributed by atoms with van der Waals surface area (Å²) in [6.45, 7) is 0. The third-order valence-corrected chi connectivity index (χ3v) is 3.94. The summed E-state index contributed by atoms with van der Waals surface area (Å²) in [7, 11) is 0. The molecule has 3 atom stereocenters. The van der Waals surface area contributed by atoms with Crippen LogP contribution in [0, 0.1) is 0 Å². The van der Waals surface area contributed by atoms with Gasteiger partial charge in [0.2, 0.25) is 0 Å². The Kier molecular flexibility index (Phi) is 4.20. The number of hydrazine groups is 1. The van der Waals surface area contributed by atoms with Crippen LogP contribution >= 0.6 is 11.6 Å². The highest BCUT2D eigenvalue weighted by molar-refractivity contribution is 6.21. The zero-order chi connectivity index (χ0) is 14.7. The molecule has 108 valence electrons. The summed E-state index contributed by atoms with van der Waals surface area (Å²) in [6.07, 6.45) is 0. The molecule has 0 bridgehead atoms. The Balaban J connectivity index is 1.95. The number of alkyl halides is 1. The van der Waals surface area contributed by atoms with Crippen molar-refractivity contribution in [2.24, 2.45) is 10.8 Å². The van der Waals surface area contributed by atoms with Crippen molar-refractivity contribution >= 4 is 17.4 Å². The average Bonchev–Trinajstić information content (AvgIpc) is 2.56. The summed E-state index contributed by atoms with van der Waals surface area (Å²) in [5.74, 6) is 6.34. The number of hydrogen-bond donors (Lipinski definition) is 3. The molecule has 1 aliphatic rings. The number of benzene rings is 2. The smallest absolute Gasteiger partial charge is 0.133 e.